The molecule has 2 aromatic rings. The van der Waals surface area contributed by atoms with Crippen LogP contribution in [0, 0.1) is 0 Å². The lowest BCUT2D eigenvalue weighted by Crippen LogP contribution is -2.26. The summed E-state index contributed by atoms with van der Waals surface area (Å²) in [6.45, 7) is 0.900. The average Bonchev–Trinajstić information content (AvgIpc) is 2.47. The summed E-state index contributed by atoms with van der Waals surface area (Å²) >= 11 is 0. The molecule has 1 aromatic heterocycles. The van der Waals surface area contributed by atoms with E-state index in [1.807, 2.05) is 7.05 Å². The molecule has 19 heavy (non-hydrogen) atoms. The Morgan fingerprint density at radius 3 is 2.68 bits per heavy atom. The third kappa shape index (κ3) is 2.78. The van der Waals surface area contributed by atoms with E-state index in [-0.39, 0.29) is 0 Å². The second-order valence-electron chi connectivity index (χ2n) is 5.38. The lowest BCUT2D eigenvalue weighted by molar-refractivity contribution is -0.671. The summed E-state index contributed by atoms with van der Waals surface area (Å²) in [5.74, 6) is 0. The zero-order valence-electron chi connectivity index (χ0n) is 11.5. The first-order valence-electron chi connectivity index (χ1n) is 7.12. The van der Waals surface area contributed by atoms with Crippen molar-refractivity contribution >= 4 is 5.69 Å². The second kappa shape index (κ2) is 5.43. The van der Waals surface area contributed by atoms with Crippen molar-refractivity contribution in [2.45, 2.75) is 32.2 Å². The van der Waals surface area contributed by atoms with Crippen molar-refractivity contribution in [3.05, 3.63) is 59.4 Å². The molecule has 3 rings (SSSR count). The summed E-state index contributed by atoms with van der Waals surface area (Å²) in [5, 5.41) is 3.60. The van der Waals surface area contributed by atoms with Crippen molar-refractivity contribution in [2.24, 2.45) is 7.05 Å². The second-order valence-corrected chi connectivity index (χ2v) is 5.38. The zero-order valence-corrected chi connectivity index (χ0v) is 11.5. The Morgan fingerprint density at radius 2 is 1.84 bits per heavy atom. The molecule has 1 heterocycles. The molecule has 0 saturated heterocycles. The number of fused-ring (bicyclic) bond motifs is 1. The van der Waals surface area contributed by atoms with Crippen LogP contribution in [0.2, 0.25) is 0 Å². The van der Waals surface area contributed by atoms with Crippen LogP contribution in [0.5, 0.6) is 0 Å². The Labute approximate surface area is 115 Å². The van der Waals surface area contributed by atoms with Gasteiger partial charge in [-0.1, -0.05) is 12.1 Å². The molecule has 1 aromatic carbocycles. The Hall–Kier alpha value is -1.83. The lowest BCUT2D eigenvalue weighted by Gasteiger charge is -2.20. The summed E-state index contributed by atoms with van der Waals surface area (Å²) in [4.78, 5) is 0. The zero-order chi connectivity index (χ0) is 13.1. The molecule has 0 amide bonds. The van der Waals surface area contributed by atoms with E-state index >= 15 is 0 Å². The highest BCUT2D eigenvalue weighted by Crippen LogP contribution is 2.28. The quantitative estimate of drug-likeness (QED) is 0.832. The highest BCUT2D eigenvalue weighted by molar-refractivity contribution is 5.55. The van der Waals surface area contributed by atoms with Gasteiger partial charge in [-0.15, -0.1) is 0 Å². The van der Waals surface area contributed by atoms with Gasteiger partial charge in [-0.2, -0.15) is 0 Å². The first-order valence-corrected chi connectivity index (χ1v) is 7.12. The van der Waals surface area contributed by atoms with Gasteiger partial charge >= 0.3 is 0 Å². The van der Waals surface area contributed by atoms with E-state index in [1.165, 1.54) is 48.1 Å². The van der Waals surface area contributed by atoms with Crippen LogP contribution in [-0.4, -0.2) is 0 Å². The van der Waals surface area contributed by atoms with Gasteiger partial charge in [-0.05, 0) is 48.4 Å². The molecule has 0 saturated carbocycles. The highest BCUT2D eigenvalue weighted by atomic mass is 14.9. The van der Waals surface area contributed by atoms with Gasteiger partial charge < -0.3 is 5.32 Å². The van der Waals surface area contributed by atoms with Crippen molar-refractivity contribution in [1.29, 1.82) is 0 Å². The standard InChI is InChI=1S/C17H21N2/c1-19-11-9-14(10-12-19)13-18-17-8-4-6-15-5-2-3-7-16(15)17/h4,6,8-12,18H,2-3,5,7,13H2,1H3/q+1. The van der Waals surface area contributed by atoms with Gasteiger partial charge in [-0.25, -0.2) is 4.57 Å². The first-order chi connectivity index (χ1) is 9.33. The average molecular weight is 253 g/mol. The summed E-state index contributed by atoms with van der Waals surface area (Å²) in [6.07, 6.45) is 9.32. The maximum Gasteiger partial charge on any atom is 0.168 e. The van der Waals surface area contributed by atoms with Gasteiger partial charge in [0.05, 0.1) is 0 Å². The molecule has 0 bridgehead atoms. The number of nitrogens with one attached hydrogen (secondary N) is 1. The predicted molar refractivity (Wildman–Crippen MR) is 78.0 cm³/mol. The van der Waals surface area contributed by atoms with Crippen LogP contribution in [0.3, 0.4) is 0 Å². The van der Waals surface area contributed by atoms with E-state index in [4.69, 9.17) is 0 Å². The number of nitrogens with zero attached hydrogens (tertiary/aromatic N) is 1. The van der Waals surface area contributed by atoms with Crippen LogP contribution in [0.15, 0.2) is 42.7 Å². The molecule has 98 valence electrons. The third-order valence-corrected chi connectivity index (χ3v) is 3.93. The Balaban J connectivity index is 1.75. The minimum atomic E-state index is 0.900. The van der Waals surface area contributed by atoms with E-state index in [1.54, 1.807) is 0 Å². The molecule has 0 fully saturated rings. The van der Waals surface area contributed by atoms with Crippen LogP contribution >= 0.6 is 0 Å². The van der Waals surface area contributed by atoms with Gasteiger partial charge in [0.1, 0.15) is 7.05 Å². The minimum Gasteiger partial charge on any atom is -0.381 e. The number of aromatic nitrogens is 1. The van der Waals surface area contributed by atoms with Crippen LogP contribution in [0.1, 0.15) is 29.5 Å². The molecule has 0 spiro atoms. The van der Waals surface area contributed by atoms with Crippen molar-refractivity contribution in [3.8, 4) is 0 Å². The van der Waals surface area contributed by atoms with Gasteiger partial charge in [0, 0.05) is 24.4 Å². The van der Waals surface area contributed by atoms with Crippen molar-refractivity contribution in [3.63, 3.8) is 0 Å². The molecule has 2 heteroatoms. The van der Waals surface area contributed by atoms with E-state index < -0.39 is 0 Å². The monoisotopic (exact) mass is 253 g/mol. The minimum absolute atomic E-state index is 0.900. The molecule has 0 aliphatic heterocycles. The summed E-state index contributed by atoms with van der Waals surface area (Å²) in [7, 11) is 2.05. The maximum absolute atomic E-state index is 3.60. The lowest BCUT2D eigenvalue weighted by atomic mass is 9.90. The smallest absolute Gasteiger partial charge is 0.168 e. The van der Waals surface area contributed by atoms with Crippen molar-refractivity contribution in [2.75, 3.05) is 5.32 Å². The van der Waals surface area contributed by atoms with Crippen LogP contribution in [-0.2, 0) is 26.4 Å². The topological polar surface area (TPSA) is 15.9 Å². The Kier molecular flexibility index (Phi) is 3.49. The van der Waals surface area contributed by atoms with Crippen molar-refractivity contribution < 1.29 is 4.57 Å². The fourth-order valence-corrected chi connectivity index (χ4v) is 2.79. The SMILES string of the molecule is C[n+]1ccc(CNc2cccc3c2CCCC3)cc1. The maximum atomic E-state index is 3.60. The molecule has 0 radical (unpaired) electrons. The number of anilines is 1. The molecule has 1 aliphatic rings. The summed E-state index contributed by atoms with van der Waals surface area (Å²) < 4.78 is 2.06. The van der Waals surface area contributed by atoms with Crippen LogP contribution < -0.4 is 9.88 Å². The number of hydrogen-bond donors (Lipinski definition) is 1. The van der Waals surface area contributed by atoms with Gasteiger partial charge in [0.2, 0.25) is 0 Å². The number of rotatable bonds is 3. The molecule has 1 N–H and O–H groups in total. The molecule has 0 atom stereocenters. The molecule has 2 nitrogen and oxygen atoms in total. The summed E-state index contributed by atoms with van der Waals surface area (Å²) in [5.41, 5.74) is 5.72. The molecule has 0 unspecified atom stereocenters. The normalized spacial score (nSPS) is 13.9. The molecule has 1 aliphatic carbocycles. The number of aryl methyl sites for hydroxylation is 2. The largest absolute Gasteiger partial charge is 0.381 e. The molecular weight excluding hydrogens is 232 g/mol. The third-order valence-electron chi connectivity index (χ3n) is 3.93. The Morgan fingerprint density at radius 1 is 1.05 bits per heavy atom. The van der Waals surface area contributed by atoms with E-state index in [2.05, 4.69) is 52.6 Å². The van der Waals surface area contributed by atoms with Gasteiger partial charge in [0.15, 0.2) is 12.4 Å². The Bertz CT molecular complexity index is 558. The van der Waals surface area contributed by atoms with Crippen molar-refractivity contribution in [1.82, 2.24) is 0 Å². The number of hydrogen-bond acceptors (Lipinski definition) is 1. The molecular formula is C17H21N2+. The summed E-state index contributed by atoms with van der Waals surface area (Å²) in [6, 6.07) is 11.0. The predicted octanol–water partition coefficient (Wildman–Crippen LogP) is 3.00. The van der Waals surface area contributed by atoms with Gasteiger partial charge in [-0.3, -0.25) is 0 Å². The van der Waals surface area contributed by atoms with Gasteiger partial charge in [0.25, 0.3) is 0 Å². The highest BCUT2D eigenvalue weighted by Gasteiger charge is 2.12. The van der Waals surface area contributed by atoms with Crippen LogP contribution in [0.25, 0.3) is 0 Å². The number of benzene rings is 1. The fraction of sp³-hybridized carbons (Fsp3) is 0.353. The van der Waals surface area contributed by atoms with E-state index in [0.29, 0.717) is 0 Å². The van der Waals surface area contributed by atoms with Crippen LogP contribution in [0.4, 0.5) is 5.69 Å². The van der Waals surface area contributed by atoms with E-state index in [0.717, 1.165) is 6.54 Å². The fourth-order valence-electron chi connectivity index (χ4n) is 2.79. The van der Waals surface area contributed by atoms with E-state index in [9.17, 15) is 0 Å². The number of pyridine rings is 1. The first kappa shape index (κ1) is 12.2.